The monoisotopic (exact) mass is 225 g/mol. The number of likely N-dealkylation sites (N-methyl/N-ethyl adjacent to an activating group) is 2. The lowest BCUT2D eigenvalue weighted by Crippen LogP contribution is -2.53. The molecule has 3 unspecified atom stereocenters. The fourth-order valence-electron chi connectivity index (χ4n) is 3.33. The summed E-state index contributed by atoms with van der Waals surface area (Å²) in [6.45, 7) is 11.0. The molecule has 0 aliphatic carbocycles. The third-order valence-corrected chi connectivity index (χ3v) is 4.48. The zero-order chi connectivity index (χ0) is 11.7. The van der Waals surface area contributed by atoms with E-state index in [-0.39, 0.29) is 0 Å². The molecule has 0 aromatic heterocycles. The molecule has 2 saturated heterocycles. The fourth-order valence-corrected chi connectivity index (χ4v) is 3.33. The van der Waals surface area contributed by atoms with Crippen molar-refractivity contribution in [2.75, 3.05) is 46.8 Å². The van der Waals surface area contributed by atoms with Crippen molar-refractivity contribution in [3.05, 3.63) is 0 Å². The highest BCUT2D eigenvalue weighted by atomic mass is 15.3. The maximum absolute atomic E-state index is 2.68. The fraction of sp³-hybridized carbons (Fsp3) is 1.00. The van der Waals surface area contributed by atoms with Crippen molar-refractivity contribution in [2.24, 2.45) is 5.92 Å². The van der Waals surface area contributed by atoms with Crippen LogP contribution in [0.25, 0.3) is 0 Å². The van der Waals surface area contributed by atoms with Gasteiger partial charge >= 0.3 is 0 Å². The normalized spacial score (nSPS) is 36.8. The van der Waals surface area contributed by atoms with Crippen LogP contribution in [-0.2, 0) is 0 Å². The molecule has 0 bridgehead atoms. The standard InChI is InChI=1S/C13H27N3/c1-11-9-13(15(4)10-11)12(2)16-7-5-14(3)6-8-16/h11-13H,5-10H2,1-4H3. The average molecular weight is 225 g/mol. The smallest absolute Gasteiger partial charge is 0.0248 e. The van der Waals surface area contributed by atoms with Crippen LogP contribution in [0.5, 0.6) is 0 Å². The van der Waals surface area contributed by atoms with Gasteiger partial charge in [0, 0.05) is 44.8 Å². The van der Waals surface area contributed by atoms with Gasteiger partial charge in [0.15, 0.2) is 0 Å². The highest BCUT2D eigenvalue weighted by molar-refractivity contribution is 4.90. The molecule has 16 heavy (non-hydrogen) atoms. The third kappa shape index (κ3) is 2.58. The van der Waals surface area contributed by atoms with E-state index in [1.165, 1.54) is 39.1 Å². The summed E-state index contributed by atoms with van der Waals surface area (Å²) in [7, 11) is 4.52. The van der Waals surface area contributed by atoms with Gasteiger partial charge in [-0.05, 0) is 33.4 Å². The predicted molar refractivity (Wildman–Crippen MR) is 68.7 cm³/mol. The number of hydrogen-bond acceptors (Lipinski definition) is 3. The minimum atomic E-state index is 0.726. The van der Waals surface area contributed by atoms with Crippen LogP contribution >= 0.6 is 0 Å². The molecule has 2 fully saturated rings. The van der Waals surface area contributed by atoms with Gasteiger partial charge in [-0.1, -0.05) is 6.92 Å². The largest absolute Gasteiger partial charge is 0.304 e. The SMILES string of the molecule is CC1CC(C(C)N2CCN(C)CC2)N(C)C1. The Morgan fingerprint density at radius 2 is 1.69 bits per heavy atom. The number of likely N-dealkylation sites (tertiary alicyclic amines) is 1. The number of piperazine rings is 1. The first-order chi connectivity index (χ1) is 7.58. The predicted octanol–water partition coefficient (Wildman–Crippen LogP) is 0.963. The topological polar surface area (TPSA) is 9.72 Å². The zero-order valence-electron chi connectivity index (χ0n) is 11.3. The van der Waals surface area contributed by atoms with E-state index in [4.69, 9.17) is 0 Å². The van der Waals surface area contributed by atoms with Crippen molar-refractivity contribution < 1.29 is 0 Å². The Kier molecular flexibility index (Phi) is 3.88. The number of rotatable bonds is 2. The molecule has 2 heterocycles. The molecular formula is C13H27N3. The van der Waals surface area contributed by atoms with E-state index in [1.807, 2.05) is 0 Å². The summed E-state index contributed by atoms with van der Waals surface area (Å²) in [6, 6.07) is 1.50. The van der Waals surface area contributed by atoms with Gasteiger partial charge in [0.2, 0.25) is 0 Å². The van der Waals surface area contributed by atoms with E-state index in [2.05, 4.69) is 42.6 Å². The summed E-state index contributed by atoms with van der Waals surface area (Å²) >= 11 is 0. The highest BCUT2D eigenvalue weighted by Crippen LogP contribution is 2.26. The third-order valence-electron chi connectivity index (χ3n) is 4.48. The van der Waals surface area contributed by atoms with Crippen molar-refractivity contribution in [2.45, 2.75) is 32.4 Å². The first-order valence-electron chi connectivity index (χ1n) is 6.70. The second-order valence-electron chi connectivity index (χ2n) is 5.93. The first kappa shape index (κ1) is 12.3. The van der Waals surface area contributed by atoms with Gasteiger partial charge in [0.1, 0.15) is 0 Å². The molecule has 3 nitrogen and oxygen atoms in total. The summed E-state index contributed by atoms with van der Waals surface area (Å²) in [4.78, 5) is 7.68. The molecule has 94 valence electrons. The van der Waals surface area contributed by atoms with Crippen LogP contribution in [0.4, 0.5) is 0 Å². The van der Waals surface area contributed by atoms with Crippen LogP contribution in [0.3, 0.4) is 0 Å². The maximum Gasteiger partial charge on any atom is 0.0248 e. The van der Waals surface area contributed by atoms with Crippen molar-refractivity contribution in [3.8, 4) is 0 Å². The molecule has 0 radical (unpaired) electrons. The van der Waals surface area contributed by atoms with Crippen LogP contribution in [0, 0.1) is 5.92 Å². The van der Waals surface area contributed by atoms with E-state index in [0.29, 0.717) is 0 Å². The summed E-state index contributed by atoms with van der Waals surface area (Å²) < 4.78 is 0. The summed E-state index contributed by atoms with van der Waals surface area (Å²) in [5.74, 6) is 0.880. The molecular weight excluding hydrogens is 198 g/mol. The van der Waals surface area contributed by atoms with Gasteiger partial charge in [-0.3, -0.25) is 4.90 Å². The quantitative estimate of drug-likeness (QED) is 0.693. The van der Waals surface area contributed by atoms with Crippen molar-refractivity contribution in [1.29, 1.82) is 0 Å². The Morgan fingerprint density at radius 1 is 1.06 bits per heavy atom. The molecule has 0 saturated carbocycles. The van der Waals surface area contributed by atoms with Crippen LogP contribution < -0.4 is 0 Å². The van der Waals surface area contributed by atoms with Gasteiger partial charge < -0.3 is 9.80 Å². The van der Waals surface area contributed by atoms with E-state index < -0.39 is 0 Å². The Morgan fingerprint density at radius 3 is 2.19 bits per heavy atom. The number of hydrogen-bond donors (Lipinski definition) is 0. The van der Waals surface area contributed by atoms with Crippen LogP contribution in [0.2, 0.25) is 0 Å². The van der Waals surface area contributed by atoms with Crippen molar-refractivity contribution in [3.63, 3.8) is 0 Å². The Bertz CT molecular complexity index is 223. The zero-order valence-corrected chi connectivity index (χ0v) is 11.3. The van der Waals surface area contributed by atoms with Crippen molar-refractivity contribution >= 4 is 0 Å². The van der Waals surface area contributed by atoms with Crippen LogP contribution in [0.15, 0.2) is 0 Å². The summed E-state index contributed by atoms with van der Waals surface area (Å²) in [5, 5.41) is 0. The second kappa shape index (κ2) is 5.03. The highest BCUT2D eigenvalue weighted by Gasteiger charge is 2.34. The van der Waals surface area contributed by atoms with Gasteiger partial charge in [-0.2, -0.15) is 0 Å². The molecule has 2 aliphatic rings. The maximum atomic E-state index is 2.68. The van der Waals surface area contributed by atoms with Crippen LogP contribution in [0.1, 0.15) is 20.3 Å². The summed E-state index contributed by atoms with van der Waals surface area (Å²) in [6.07, 6.45) is 1.38. The average Bonchev–Trinajstić information content (AvgIpc) is 2.58. The Hall–Kier alpha value is -0.120. The van der Waals surface area contributed by atoms with Crippen molar-refractivity contribution in [1.82, 2.24) is 14.7 Å². The first-order valence-corrected chi connectivity index (χ1v) is 6.70. The molecule has 0 N–H and O–H groups in total. The molecule has 0 amide bonds. The second-order valence-corrected chi connectivity index (χ2v) is 5.93. The molecule has 3 atom stereocenters. The lowest BCUT2D eigenvalue weighted by molar-refractivity contribution is 0.0778. The van der Waals surface area contributed by atoms with E-state index in [1.54, 1.807) is 0 Å². The van der Waals surface area contributed by atoms with E-state index in [9.17, 15) is 0 Å². The Labute approximate surface area is 100 Å². The molecule has 2 rings (SSSR count). The lowest BCUT2D eigenvalue weighted by Gasteiger charge is -2.40. The van der Waals surface area contributed by atoms with E-state index >= 15 is 0 Å². The van der Waals surface area contributed by atoms with Gasteiger partial charge in [0.05, 0.1) is 0 Å². The molecule has 0 aromatic rings. The summed E-state index contributed by atoms with van der Waals surface area (Å²) in [5.41, 5.74) is 0. The molecule has 0 spiro atoms. The van der Waals surface area contributed by atoms with Gasteiger partial charge in [-0.15, -0.1) is 0 Å². The lowest BCUT2D eigenvalue weighted by atomic mass is 10.0. The minimum Gasteiger partial charge on any atom is -0.304 e. The number of nitrogens with zero attached hydrogens (tertiary/aromatic N) is 3. The molecule has 2 aliphatic heterocycles. The molecule has 0 aromatic carbocycles. The van der Waals surface area contributed by atoms with Crippen LogP contribution in [-0.4, -0.2) is 73.6 Å². The Balaban J connectivity index is 1.89. The van der Waals surface area contributed by atoms with Gasteiger partial charge in [0.25, 0.3) is 0 Å². The molecule has 3 heteroatoms. The van der Waals surface area contributed by atoms with E-state index in [0.717, 1.165) is 18.0 Å². The minimum absolute atomic E-state index is 0.726. The van der Waals surface area contributed by atoms with Gasteiger partial charge in [-0.25, -0.2) is 0 Å².